The van der Waals surface area contributed by atoms with Crippen molar-refractivity contribution in [1.82, 2.24) is 14.5 Å². The highest BCUT2D eigenvalue weighted by molar-refractivity contribution is 7.22. The van der Waals surface area contributed by atoms with Gasteiger partial charge in [0.05, 0.1) is 29.8 Å². The molecule has 1 aromatic carbocycles. The van der Waals surface area contributed by atoms with Crippen molar-refractivity contribution in [2.75, 3.05) is 13.7 Å². The normalized spacial score (nSPS) is 16.4. The summed E-state index contributed by atoms with van der Waals surface area (Å²) in [5.74, 6) is -0.876. The van der Waals surface area contributed by atoms with Crippen molar-refractivity contribution in [1.29, 1.82) is 5.26 Å². The Hall–Kier alpha value is -3.16. The molecule has 166 valence electrons. The molecule has 1 aliphatic heterocycles. The van der Waals surface area contributed by atoms with Crippen molar-refractivity contribution in [3.8, 4) is 22.3 Å². The number of halogens is 2. The minimum absolute atomic E-state index is 0.00638. The maximum Gasteiger partial charge on any atom is 0.332 e. The monoisotopic (exact) mass is 476 g/mol. The van der Waals surface area contributed by atoms with Gasteiger partial charge < -0.3 is 10.1 Å². The maximum absolute atomic E-state index is 14.0. The lowest BCUT2D eigenvalue weighted by atomic mass is 10.1. The molecule has 1 unspecified atom stereocenters. The second-order valence-electron chi connectivity index (χ2n) is 7.34. The first-order chi connectivity index (χ1) is 15.3. The van der Waals surface area contributed by atoms with Gasteiger partial charge in [-0.3, -0.25) is 18.7 Å². The van der Waals surface area contributed by atoms with E-state index in [0.29, 0.717) is 29.8 Å². The number of fused-ring (bicyclic) bond motifs is 1. The van der Waals surface area contributed by atoms with Crippen LogP contribution in [0.25, 0.3) is 20.7 Å². The van der Waals surface area contributed by atoms with Crippen LogP contribution in [0.2, 0.25) is 5.02 Å². The van der Waals surface area contributed by atoms with E-state index in [-0.39, 0.29) is 39.9 Å². The Balaban J connectivity index is 1.97. The molecule has 1 N–H and O–H groups in total. The zero-order valence-electron chi connectivity index (χ0n) is 17.0. The number of amides is 1. The van der Waals surface area contributed by atoms with Crippen molar-refractivity contribution in [3.63, 3.8) is 0 Å². The number of nitrogens with one attached hydrogen (secondary N) is 1. The number of carbonyl (C=O) groups is 1. The van der Waals surface area contributed by atoms with Gasteiger partial charge in [-0.05, 0) is 31.0 Å². The molecule has 3 heterocycles. The van der Waals surface area contributed by atoms with Crippen LogP contribution in [0.15, 0.2) is 27.8 Å². The average Bonchev–Trinajstić information content (AvgIpc) is 3.08. The summed E-state index contributed by atoms with van der Waals surface area (Å²) in [4.78, 5) is 39.1. The molecule has 0 spiro atoms. The van der Waals surface area contributed by atoms with Crippen molar-refractivity contribution in [2.45, 2.75) is 31.8 Å². The number of hydrogen-bond acceptors (Lipinski definition) is 6. The van der Waals surface area contributed by atoms with Gasteiger partial charge in [-0.1, -0.05) is 11.6 Å². The molecule has 8 nitrogen and oxygen atoms in total. The summed E-state index contributed by atoms with van der Waals surface area (Å²) < 4.78 is 21.6. The molecule has 1 aliphatic rings. The number of thiophene rings is 1. The van der Waals surface area contributed by atoms with E-state index >= 15 is 0 Å². The van der Waals surface area contributed by atoms with E-state index in [9.17, 15) is 24.0 Å². The molecule has 3 aromatic rings. The van der Waals surface area contributed by atoms with Crippen molar-refractivity contribution >= 4 is 39.1 Å². The predicted molar refractivity (Wildman–Crippen MR) is 119 cm³/mol. The largest absolute Gasteiger partial charge is 0.494 e. The second kappa shape index (κ2) is 8.76. The van der Waals surface area contributed by atoms with Crippen molar-refractivity contribution < 1.29 is 13.9 Å². The third kappa shape index (κ3) is 3.78. The number of nitrogens with zero attached hydrogens (tertiary/aromatic N) is 3. The number of hydrogen-bond donors (Lipinski definition) is 1. The van der Waals surface area contributed by atoms with E-state index in [1.807, 2.05) is 6.07 Å². The first-order valence-electron chi connectivity index (χ1n) is 9.81. The average molecular weight is 477 g/mol. The van der Waals surface area contributed by atoms with Gasteiger partial charge in [-0.25, -0.2) is 9.18 Å². The molecule has 1 fully saturated rings. The van der Waals surface area contributed by atoms with E-state index in [1.54, 1.807) is 6.07 Å². The molecule has 0 saturated carbocycles. The number of carbonyl (C=O) groups excluding carboxylic acids is 1. The van der Waals surface area contributed by atoms with Crippen LogP contribution in [0.3, 0.4) is 0 Å². The Morgan fingerprint density at radius 1 is 1.34 bits per heavy atom. The summed E-state index contributed by atoms with van der Waals surface area (Å²) in [5.41, 5.74) is -0.451. The molecule has 1 atom stereocenters. The van der Waals surface area contributed by atoms with E-state index in [0.717, 1.165) is 22.0 Å². The molecular weight excluding hydrogens is 459 g/mol. The van der Waals surface area contributed by atoms with Crippen LogP contribution in [-0.2, 0) is 11.3 Å². The number of benzene rings is 1. The maximum atomic E-state index is 14.0. The van der Waals surface area contributed by atoms with E-state index in [2.05, 4.69) is 5.32 Å². The van der Waals surface area contributed by atoms with Gasteiger partial charge in [0, 0.05) is 23.4 Å². The van der Waals surface area contributed by atoms with Crippen molar-refractivity contribution in [3.05, 3.63) is 49.9 Å². The van der Waals surface area contributed by atoms with Gasteiger partial charge in [0.25, 0.3) is 5.56 Å². The quantitative estimate of drug-likeness (QED) is 0.623. The lowest BCUT2D eigenvalue weighted by Gasteiger charge is -2.17. The molecule has 1 saturated heterocycles. The third-order valence-electron chi connectivity index (χ3n) is 5.41. The van der Waals surface area contributed by atoms with Crippen LogP contribution < -0.4 is 21.3 Å². The Labute approximate surface area is 190 Å². The van der Waals surface area contributed by atoms with Crippen LogP contribution in [0.4, 0.5) is 4.39 Å². The third-order valence-corrected chi connectivity index (χ3v) is 6.87. The summed E-state index contributed by atoms with van der Waals surface area (Å²) in [6, 6.07) is 5.47. The van der Waals surface area contributed by atoms with Gasteiger partial charge in [0.1, 0.15) is 11.2 Å². The minimum atomic E-state index is -0.643. The topological polar surface area (TPSA) is 106 Å². The second-order valence-corrected chi connectivity index (χ2v) is 8.80. The van der Waals surface area contributed by atoms with Crippen molar-refractivity contribution in [2.24, 2.45) is 0 Å². The fraction of sp³-hybridized carbons (Fsp3) is 0.333. The molecule has 2 aromatic heterocycles. The Morgan fingerprint density at radius 3 is 2.84 bits per heavy atom. The summed E-state index contributed by atoms with van der Waals surface area (Å²) >= 11 is 7.33. The summed E-state index contributed by atoms with van der Waals surface area (Å²) in [7, 11) is 1.33. The Morgan fingerprint density at radius 2 is 2.12 bits per heavy atom. The van der Waals surface area contributed by atoms with E-state index in [1.165, 1.54) is 17.7 Å². The molecule has 4 rings (SSSR count). The summed E-state index contributed by atoms with van der Waals surface area (Å²) in [5, 5.41) is 12.1. The fourth-order valence-corrected chi connectivity index (χ4v) is 5.33. The number of methoxy groups -OCH3 is 1. The van der Waals surface area contributed by atoms with Gasteiger partial charge in [-0.15, -0.1) is 11.3 Å². The van der Waals surface area contributed by atoms with Gasteiger partial charge in [0.2, 0.25) is 5.91 Å². The molecule has 0 aliphatic carbocycles. The highest BCUT2D eigenvalue weighted by atomic mass is 35.5. The zero-order chi connectivity index (χ0) is 23.0. The summed E-state index contributed by atoms with van der Waals surface area (Å²) in [6.07, 6.45) is 1.11. The highest BCUT2D eigenvalue weighted by Crippen LogP contribution is 2.39. The number of aromatic nitrogens is 2. The molecular formula is C21H18ClFN4O4S. The smallest absolute Gasteiger partial charge is 0.332 e. The fourth-order valence-electron chi connectivity index (χ4n) is 3.89. The first kappa shape index (κ1) is 22.0. The van der Waals surface area contributed by atoms with Gasteiger partial charge >= 0.3 is 5.69 Å². The molecule has 11 heteroatoms. The SMILES string of the molecule is COc1cc(-c2cc3c(s2)c(=O)n(C2CCCNC(=O)C2)c(=O)n3CC#N)c(Cl)cc1F. The lowest BCUT2D eigenvalue weighted by molar-refractivity contribution is -0.121. The zero-order valence-corrected chi connectivity index (χ0v) is 18.6. The predicted octanol–water partition coefficient (Wildman–Crippen LogP) is 3.06. The van der Waals surface area contributed by atoms with Crippen LogP contribution in [0, 0.1) is 17.1 Å². The van der Waals surface area contributed by atoms with E-state index in [4.69, 9.17) is 16.3 Å². The first-order valence-corrected chi connectivity index (χ1v) is 11.0. The number of rotatable bonds is 4. The highest BCUT2D eigenvalue weighted by Gasteiger charge is 2.26. The van der Waals surface area contributed by atoms with Gasteiger partial charge in [-0.2, -0.15) is 5.26 Å². The van der Waals surface area contributed by atoms with Crippen LogP contribution in [0.5, 0.6) is 5.75 Å². The minimum Gasteiger partial charge on any atom is -0.494 e. The molecule has 32 heavy (non-hydrogen) atoms. The Kier molecular flexibility index (Phi) is 6.04. The molecule has 0 bridgehead atoms. The molecule has 0 radical (unpaired) electrons. The number of ether oxygens (including phenoxy) is 1. The van der Waals surface area contributed by atoms with Gasteiger partial charge in [0.15, 0.2) is 11.6 Å². The van der Waals surface area contributed by atoms with E-state index < -0.39 is 23.1 Å². The van der Waals surface area contributed by atoms with Crippen LogP contribution >= 0.6 is 22.9 Å². The lowest BCUT2D eigenvalue weighted by Crippen LogP contribution is -2.42. The summed E-state index contributed by atoms with van der Waals surface area (Å²) in [6.45, 7) is 0.206. The Bertz CT molecular complexity index is 1390. The standard InChI is InChI=1S/C21H18ClFN4O4S/c1-31-16-8-12(13(22)9-14(16)23)17-10-15-19(32-17)20(29)27(21(30)26(15)6-4-24)11-3-2-5-25-18(28)7-11/h8-11H,2-3,5-7H2,1H3,(H,25,28). The van der Waals surface area contributed by atoms with Crippen LogP contribution in [-0.4, -0.2) is 28.7 Å². The molecule has 1 amide bonds. The van der Waals surface area contributed by atoms with Crippen LogP contribution in [0.1, 0.15) is 25.3 Å². The number of nitriles is 1.